The zero-order valence-corrected chi connectivity index (χ0v) is 11.3. The third kappa shape index (κ3) is 3.16. The van der Waals surface area contributed by atoms with Gasteiger partial charge in [-0.3, -0.25) is 0 Å². The summed E-state index contributed by atoms with van der Waals surface area (Å²) in [5.41, 5.74) is 3.63. The second-order valence-corrected chi connectivity index (χ2v) is 5.13. The van der Waals surface area contributed by atoms with Gasteiger partial charge >= 0.3 is 0 Å². The molecule has 1 N–H and O–H groups in total. The van der Waals surface area contributed by atoms with Gasteiger partial charge < -0.3 is 9.84 Å². The van der Waals surface area contributed by atoms with Gasteiger partial charge in [0.25, 0.3) is 0 Å². The molecule has 0 radical (unpaired) electrons. The Morgan fingerprint density at radius 1 is 0.950 bits per heavy atom. The Bertz CT molecular complexity index is 572. The van der Waals surface area contributed by atoms with Gasteiger partial charge in [0, 0.05) is 12.3 Å². The van der Waals surface area contributed by atoms with Crippen LogP contribution in [0.25, 0.3) is 17.2 Å². The van der Waals surface area contributed by atoms with E-state index in [1.807, 2.05) is 6.07 Å². The molecular weight excluding hydrogens is 248 g/mol. The van der Waals surface area contributed by atoms with Gasteiger partial charge in [-0.05, 0) is 16.7 Å². The third-order valence-electron chi connectivity index (χ3n) is 3.59. The molecule has 2 heteroatoms. The van der Waals surface area contributed by atoms with Crippen molar-refractivity contribution in [2.24, 2.45) is 5.92 Å². The summed E-state index contributed by atoms with van der Waals surface area (Å²) >= 11 is 0. The molecule has 2 nitrogen and oxygen atoms in total. The maximum atomic E-state index is 9.30. The summed E-state index contributed by atoms with van der Waals surface area (Å²) in [5, 5.41) is 9.30. The van der Waals surface area contributed by atoms with Crippen LogP contribution in [0.1, 0.15) is 12.0 Å². The van der Waals surface area contributed by atoms with Crippen LogP contribution in [-0.4, -0.2) is 18.0 Å². The molecule has 2 unspecified atom stereocenters. The Balaban J connectivity index is 1.69. The maximum absolute atomic E-state index is 9.30. The van der Waals surface area contributed by atoms with Crippen molar-refractivity contribution in [3.8, 4) is 11.1 Å². The topological polar surface area (TPSA) is 29.5 Å². The number of benzene rings is 2. The molecule has 2 aromatic rings. The molecule has 0 bridgehead atoms. The lowest BCUT2D eigenvalue weighted by Gasteiger charge is -2.02. The number of ether oxygens (including phenoxy) is 1. The summed E-state index contributed by atoms with van der Waals surface area (Å²) in [6.45, 7) is 0.611. The Morgan fingerprint density at radius 3 is 2.30 bits per heavy atom. The van der Waals surface area contributed by atoms with E-state index in [-0.39, 0.29) is 0 Å². The zero-order chi connectivity index (χ0) is 13.8. The van der Waals surface area contributed by atoms with Crippen molar-refractivity contribution in [1.29, 1.82) is 0 Å². The molecule has 0 amide bonds. The normalized spacial score (nSPS) is 22.4. The zero-order valence-electron chi connectivity index (χ0n) is 11.3. The largest absolute Gasteiger partial charge is 0.368 e. The van der Waals surface area contributed by atoms with Crippen molar-refractivity contribution < 1.29 is 9.84 Å². The van der Waals surface area contributed by atoms with Crippen LogP contribution in [0.15, 0.2) is 60.7 Å². The summed E-state index contributed by atoms with van der Waals surface area (Å²) in [5.74, 6) is 0.318. The summed E-state index contributed by atoms with van der Waals surface area (Å²) < 4.78 is 5.14. The second kappa shape index (κ2) is 6.04. The minimum absolute atomic E-state index is 0.318. The van der Waals surface area contributed by atoms with Gasteiger partial charge in [0.2, 0.25) is 0 Å². The van der Waals surface area contributed by atoms with Crippen molar-refractivity contribution in [1.82, 2.24) is 0 Å². The highest BCUT2D eigenvalue weighted by atomic mass is 16.6. The van der Waals surface area contributed by atoms with E-state index in [4.69, 9.17) is 4.74 Å². The summed E-state index contributed by atoms with van der Waals surface area (Å²) in [6, 6.07) is 18.9. The van der Waals surface area contributed by atoms with Gasteiger partial charge in [-0.15, -0.1) is 0 Å². The van der Waals surface area contributed by atoms with Crippen molar-refractivity contribution in [3.63, 3.8) is 0 Å². The lowest BCUT2D eigenvalue weighted by Crippen LogP contribution is -2.00. The van der Waals surface area contributed by atoms with Crippen LogP contribution in [0.4, 0.5) is 0 Å². The van der Waals surface area contributed by atoms with E-state index in [1.165, 1.54) is 16.7 Å². The molecule has 0 aromatic heterocycles. The van der Waals surface area contributed by atoms with E-state index in [1.54, 1.807) is 0 Å². The quantitative estimate of drug-likeness (QED) is 0.917. The summed E-state index contributed by atoms with van der Waals surface area (Å²) in [6.07, 6.45) is 4.32. The van der Waals surface area contributed by atoms with Crippen molar-refractivity contribution in [2.75, 3.05) is 6.61 Å². The van der Waals surface area contributed by atoms with Crippen LogP contribution in [0, 0.1) is 5.92 Å². The van der Waals surface area contributed by atoms with Crippen LogP contribution in [0.2, 0.25) is 0 Å². The molecule has 1 heterocycles. The number of aliphatic hydroxyl groups excluding tert-OH is 1. The fourth-order valence-corrected chi connectivity index (χ4v) is 2.43. The molecule has 1 saturated heterocycles. The van der Waals surface area contributed by atoms with Crippen molar-refractivity contribution in [2.45, 2.75) is 12.7 Å². The van der Waals surface area contributed by atoms with E-state index in [0.29, 0.717) is 18.9 Å². The molecule has 0 aliphatic carbocycles. The monoisotopic (exact) mass is 266 g/mol. The van der Waals surface area contributed by atoms with Crippen molar-refractivity contribution >= 4 is 6.08 Å². The first-order valence-corrected chi connectivity index (χ1v) is 6.94. The maximum Gasteiger partial charge on any atom is 0.155 e. The molecule has 102 valence electrons. The van der Waals surface area contributed by atoms with Gasteiger partial charge in [-0.2, -0.15) is 0 Å². The average molecular weight is 266 g/mol. The SMILES string of the molecule is OC1CC(/C=C/c2ccc(-c3ccccc3)cc2)CO1. The molecular formula is C18H18O2. The van der Waals surface area contributed by atoms with Gasteiger partial charge in [-0.25, -0.2) is 0 Å². The van der Waals surface area contributed by atoms with Gasteiger partial charge in [0.1, 0.15) is 0 Å². The van der Waals surface area contributed by atoms with Crippen molar-refractivity contribution in [3.05, 3.63) is 66.2 Å². The van der Waals surface area contributed by atoms with E-state index in [9.17, 15) is 5.11 Å². The number of aliphatic hydroxyl groups is 1. The van der Waals surface area contributed by atoms with Gasteiger partial charge in [0.05, 0.1) is 6.61 Å². The van der Waals surface area contributed by atoms with E-state index in [2.05, 4.69) is 60.7 Å². The van der Waals surface area contributed by atoms with Crippen LogP contribution >= 0.6 is 0 Å². The first-order valence-electron chi connectivity index (χ1n) is 6.94. The second-order valence-electron chi connectivity index (χ2n) is 5.13. The molecule has 0 spiro atoms. The molecule has 3 rings (SSSR count). The molecule has 1 fully saturated rings. The highest BCUT2D eigenvalue weighted by molar-refractivity contribution is 5.65. The highest BCUT2D eigenvalue weighted by Crippen LogP contribution is 2.22. The van der Waals surface area contributed by atoms with Crippen LogP contribution in [0.5, 0.6) is 0 Å². The molecule has 0 saturated carbocycles. The fourth-order valence-electron chi connectivity index (χ4n) is 2.43. The number of rotatable bonds is 3. The molecule has 1 aliphatic rings. The Hall–Kier alpha value is -1.90. The van der Waals surface area contributed by atoms with Crippen LogP contribution in [-0.2, 0) is 4.74 Å². The lowest BCUT2D eigenvalue weighted by atomic mass is 10.0. The molecule has 2 atom stereocenters. The standard InChI is InChI=1S/C18H18O2/c19-18-12-15(13-20-18)7-6-14-8-10-17(11-9-14)16-4-2-1-3-5-16/h1-11,15,18-19H,12-13H2/b7-6+. The van der Waals surface area contributed by atoms with E-state index >= 15 is 0 Å². The van der Waals surface area contributed by atoms with Crippen LogP contribution < -0.4 is 0 Å². The third-order valence-corrected chi connectivity index (χ3v) is 3.59. The van der Waals surface area contributed by atoms with E-state index in [0.717, 1.165) is 0 Å². The number of hydrogen-bond acceptors (Lipinski definition) is 2. The molecule has 1 aliphatic heterocycles. The highest BCUT2D eigenvalue weighted by Gasteiger charge is 2.20. The minimum atomic E-state index is -0.592. The fraction of sp³-hybridized carbons (Fsp3) is 0.222. The Morgan fingerprint density at radius 2 is 1.65 bits per heavy atom. The predicted octanol–water partition coefficient (Wildman–Crippen LogP) is 3.72. The first kappa shape index (κ1) is 13.1. The Kier molecular flexibility index (Phi) is 3.95. The summed E-state index contributed by atoms with van der Waals surface area (Å²) in [7, 11) is 0. The lowest BCUT2D eigenvalue weighted by molar-refractivity contribution is -0.0590. The number of hydrogen-bond donors (Lipinski definition) is 1. The smallest absolute Gasteiger partial charge is 0.155 e. The minimum Gasteiger partial charge on any atom is -0.368 e. The molecule has 2 aromatic carbocycles. The predicted molar refractivity (Wildman–Crippen MR) is 81.0 cm³/mol. The van der Waals surface area contributed by atoms with Crippen LogP contribution in [0.3, 0.4) is 0 Å². The summed E-state index contributed by atoms with van der Waals surface area (Å²) in [4.78, 5) is 0. The van der Waals surface area contributed by atoms with Gasteiger partial charge in [-0.1, -0.05) is 66.7 Å². The first-order chi connectivity index (χ1) is 9.81. The average Bonchev–Trinajstić information content (AvgIpc) is 2.92. The van der Waals surface area contributed by atoms with E-state index < -0.39 is 6.29 Å². The molecule has 20 heavy (non-hydrogen) atoms. The Labute approximate surface area is 119 Å². The van der Waals surface area contributed by atoms with Gasteiger partial charge in [0.15, 0.2) is 6.29 Å².